The summed E-state index contributed by atoms with van der Waals surface area (Å²) in [7, 11) is 0.333. The summed E-state index contributed by atoms with van der Waals surface area (Å²) in [6, 6.07) is 28.5. The summed E-state index contributed by atoms with van der Waals surface area (Å²) in [6.07, 6.45) is 6.79. The molecule has 0 unspecified atom stereocenters. The van der Waals surface area contributed by atoms with Crippen LogP contribution >= 0.6 is 0 Å². The highest BCUT2D eigenvalue weighted by molar-refractivity contribution is 6.99. The van der Waals surface area contributed by atoms with Gasteiger partial charge in [0, 0.05) is 13.2 Å². The van der Waals surface area contributed by atoms with Gasteiger partial charge in [-0.15, -0.1) is 0 Å². The second-order valence-corrected chi connectivity index (χ2v) is 17.8. The Bertz CT molecular complexity index is 1470. The molecule has 1 fully saturated rings. The van der Waals surface area contributed by atoms with Crippen molar-refractivity contribution in [3.05, 3.63) is 109 Å². The lowest BCUT2D eigenvalue weighted by molar-refractivity contribution is -0.152. The van der Waals surface area contributed by atoms with E-state index in [1.165, 1.54) is 17.5 Å². The molecular weight excluding hydrogens is 603 g/mol. The zero-order valence-corrected chi connectivity index (χ0v) is 29.9. The van der Waals surface area contributed by atoms with Gasteiger partial charge in [0.15, 0.2) is 0 Å². The molecule has 7 heteroatoms. The number of hydrogen-bond donors (Lipinski definition) is 0. The quantitative estimate of drug-likeness (QED) is 0.0809. The van der Waals surface area contributed by atoms with Crippen LogP contribution in [0.1, 0.15) is 58.9 Å². The number of likely N-dealkylation sites (tertiary alicyclic amines) is 1. The molecule has 0 aromatic heterocycles. The average Bonchev–Trinajstić information content (AvgIpc) is 3.57. The second kappa shape index (κ2) is 16.2. The molecule has 3 atom stereocenters. The Balaban J connectivity index is 1.63. The molecule has 1 aliphatic rings. The van der Waals surface area contributed by atoms with E-state index in [4.69, 9.17) is 13.9 Å². The Morgan fingerprint density at radius 2 is 1.62 bits per heavy atom. The first-order chi connectivity index (χ1) is 22.5. The molecule has 1 aliphatic heterocycles. The van der Waals surface area contributed by atoms with Gasteiger partial charge in [0.2, 0.25) is 5.91 Å². The third-order valence-electron chi connectivity index (χ3n) is 9.35. The number of amides is 1. The van der Waals surface area contributed by atoms with Gasteiger partial charge in [-0.2, -0.15) is 0 Å². The van der Waals surface area contributed by atoms with Crippen molar-refractivity contribution in [3.63, 3.8) is 0 Å². The molecule has 3 aromatic rings. The number of carbonyl (C=O) groups is 2. The Morgan fingerprint density at radius 3 is 2.17 bits per heavy atom. The highest BCUT2D eigenvalue weighted by Gasteiger charge is 2.50. The van der Waals surface area contributed by atoms with Crippen molar-refractivity contribution in [1.82, 2.24) is 4.90 Å². The van der Waals surface area contributed by atoms with Crippen molar-refractivity contribution in [3.8, 4) is 5.75 Å². The van der Waals surface area contributed by atoms with Crippen LogP contribution in [0.4, 0.5) is 0 Å². The molecule has 0 spiro atoms. The van der Waals surface area contributed by atoms with E-state index in [2.05, 4.69) is 88.0 Å². The maximum atomic E-state index is 14.3. The number of allylic oxidation sites excluding steroid dienone is 1. The van der Waals surface area contributed by atoms with E-state index in [9.17, 15) is 9.59 Å². The highest BCUT2D eigenvalue weighted by atomic mass is 28.4. The lowest BCUT2D eigenvalue weighted by atomic mass is 9.82. The zero-order chi connectivity index (χ0) is 34.0. The van der Waals surface area contributed by atoms with Gasteiger partial charge >= 0.3 is 5.97 Å². The lowest BCUT2D eigenvalue weighted by Gasteiger charge is -2.43. The minimum atomic E-state index is -2.69. The van der Waals surface area contributed by atoms with Gasteiger partial charge in [-0.3, -0.25) is 4.79 Å². The molecule has 0 N–H and O–H groups in total. The molecule has 0 saturated carbocycles. The molecule has 6 nitrogen and oxygen atoms in total. The summed E-state index contributed by atoms with van der Waals surface area (Å²) < 4.78 is 17.7. The van der Waals surface area contributed by atoms with Gasteiger partial charge in [0.25, 0.3) is 8.32 Å². The third-order valence-corrected chi connectivity index (χ3v) is 14.4. The maximum absolute atomic E-state index is 14.3. The smallest absolute Gasteiger partial charge is 0.328 e. The van der Waals surface area contributed by atoms with Crippen LogP contribution in [0, 0.1) is 11.8 Å². The SMILES string of the molecule is C=C(C)[C@H](CCCO[Si](c1ccccc1)(c1ccccc1)C(C)(C)C)[C@H](/C=C/c1cccc(OC)c1)C(=O)N1CCC[C@H]1C(=O)OC. The maximum Gasteiger partial charge on any atom is 0.328 e. The first-order valence-electron chi connectivity index (χ1n) is 16.6. The molecule has 250 valence electrons. The normalized spacial score (nSPS) is 16.6. The molecule has 0 aliphatic carbocycles. The minimum Gasteiger partial charge on any atom is -0.497 e. The monoisotopic (exact) mass is 653 g/mol. The molecule has 1 amide bonds. The van der Waals surface area contributed by atoms with Gasteiger partial charge in [0.1, 0.15) is 11.8 Å². The van der Waals surface area contributed by atoms with Crippen molar-refractivity contribution >= 4 is 36.6 Å². The number of methoxy groups -OCH3 is 2. The van der Waals surface area contributed by atoms with Crippen LogP contribution in [0.5, 0.6) is 5.75 Å². The molecule has 1 saturated heterocycles. The first-order valence-corrected chi connectivity index (χ1v) is 18.5. The fraction of sp³-hybridized carbons (Fsp3) is 0.400. The van der Waals surface area contributed by atoms with Crippen LogP contribution in [-0.2, 0) is 18.8 Å². The summed E-state index contributed by atoms with van der Waals surface area (Å²) in [5.41, 5.74) is 1.86. The predicted molar refractivity (Wildman–Crippen MR) is 193 cm³/mol. The number of hydrogen-bond acceptors (Lipinski definition) is 5. The number of nitrogens with zero attached hydrogens (tertiary/aromatic N) is 1. The number of benzene rings is 3. The minimum absolute atomic E-state index is 0.0713. The van der Waals surface area contributed by atoms with E-state index < -0.39 is 20.3 Å². The number of esters is 1. The zero-order valence-electron chi connectivity index (χ0n) is 28.9. The molecule has 0 radical (unpaired) electrons. The topological polar surface area (TPSA) is 65.1 Å². The molecule has 0 bridgehead atoms. The van der Waals surface area contributed by atoms with Crippen LogP contribution < -0.4 is 15.1 Å². The van der Waals surface area contributed by atoms with E-state index >= 15 is 0 Å². The second-order valence-electron chi connectivity index (χ2n) is 13.5. The Kier molecular flexibility index (Phi) is 12.4. The van der Waals surface area contributed by atoms with Gasteiger partial charge in [-0.1, -0.05) is 118 Å². The third kappa shape index (κ3) is 8.32. The van der Waals surface area contributed by atoms with Crippen LogP contribution in [0.25, 0.3) is 6.08 Å². The number of rotatable bonds is 14. The fourth-order valence-corrected chi connectivity index (χ4v) is 11.6. The Labute approximate surface area is 282 Å². The van der Waals surface area contributed by atoms with Gasteiger partial charge in [-0.25, -0.2) is 4.79 Å². The molecule has 1 heterocycles. The van der Waals surface area contributed by atoms with Crippen LogP contribution in [0.3, 0.4) is 0 Å². The van der Waals surface area contributed by atoms with Gasteiger partial charge in [0.05, 0.1) is 20.1 Å². The summed E-state index contributed by atoms with van der Waals surface area (Å²) in [4.78, 5) is 28.7. The van der Waals surface area contributed by atoms with Crippen molar-refractivity contribution in [2.75, 3.05) is 27.4 Å². The van der Waals surface area contributed by atoms with Gasteiger partial charge in [-0.05, 0) is 71.6 Å². The van der Waals surface area contributed by atoms with E-state index in [0.717, 1.165) is 29.7 Å². The van der Waals surface area contributed by atoms with Gasteiger partial charge < -0.3 is 18.8 Å². The average molecular weight is 654 g/mol. The largest absolute Gasteiger partial charge is 0.497 e. The molecule has 47 heavy (non-hydrogen) atoms. The molecule has 4 rings (SSSR count). The Morgan fingerprint density at radius 1 is 0.979 bits per heavy atom. The summed E-state index contributed by atoms with van der Waals surface area (Å²) in [5.74, 6) is -0.338. The lowest BCUT2D eigenvalue weighted by Crippen LogP contribution is -2.66. The van der Waals surface area contributed by atoms with Crippen molar-refractivity contribution in [1.29, 1.82) is 0 Å². The standard InChI is InChI=1S/C40H51NO5Si/c1-30(2)35(23-16-28-46-47(40(3,4)5,33-19-10-8-11-20-33)34-21-12-9-13-22-34)36(26-25-31-17-14-18-32(29-31)44-6)38(42)41-27-15-24-37(41)39(43)45-7/h8-14,17-22,25-26,29,35-37H,1,15-16,23-24,27-28H2,2-7H3/b26-25+/t35-,36-,37-/m0/s1. The van der Waals surface area contributed by atoms with E-state index in [0.29, 0.717) is 26.0 Å². The Hall–Kier alpha value is -3.94. The molecule has 3 aromatic carbocycles. The van der Waals surface area contributed by atoms with Crippen molar-refractivity contribution in [2.24, 2.45) is 11.8 Å². The van der Waals surface area contributed by atoms with Crippen LogP contribution in [-0.4, -0.2) is 58.5 Å². The van der Waals surface area contributed by atoms with Crippen molar-refractivity contribution in [2.45, 2.75) is 64.5 Å². The highest BCUT2D eigenvalue weighted by Crippen LogP contribution is 2.37. The summed E-state index contributed by atoms with van der Waals surface area (Å²) in [5, 5.41) is 2.36. The molecular formula is C40H51NO5Si. The summed E-state index contributed by atoms with van der Waals surface area (Å²) >= 11 is 0. The van der Waals surface area contributed by atoms with Crippen LogP contribution in [0.15, 0.2) is 103 Å². The van der Waals surface area contributed by atoms with E-state index in [1.54, 1.807) is 12.0 Å². The fourth-order valence-electron chi connectivity index (χ4n) is 6.97. The number of carbonyl (C=O) groups excluding carboxylic acids is 2. The summed E-state index contributed by atoms with van der Waals surface area (Å²) in [6.45, 7) is 14.3. The van der Waals surface area contributed by atoms with Crippen LogP contribution in [0.2, 0.25) is 5.04 Å². The number of ether oxygens (including phenoxy) is 2. The first kappa shape index (κ1) is 35.9. The van der Waals surface area contributed by atoms with Crippen molar-refractivity contribution < 1.29 is 23.5 Å². The predicted octanol–water partition coefficient (Wildman–Crippen LogP) is 7.04. The van der Waals surface area contributed by atoms with E-state index in [1.807, 2.05) is 43.3 Å². The van der Waals surface area contributed by atoms with E-state index in [-0.39, 0.29) is 22.8 Å².